The zero-order valence-electron chi connectivity index (χ0n) is 17.3. The monoisotopic (exact) mass is 480 g/mol. The van der Waals surface area contributed by atoms with E-state index in [1.165, 1.54) is 34.4 Å². The van der Waals surface area contributed by atoms with Crippen molar-refractivity contribution in [2.75, 3.05) is 11.5 Å². The number of thiophene rings is 1. The van der Waals surface area contributed by atoms with Gasteiger partial charge < -0.3 is 9.84 Å². The molecular formula is C24H17FN2O4S2. The van der Waals surface area contributed by atoms with Gasteiger partial charge in [-0.2, -0.15) is 0 Å². The molecule has 1 aliphatic heterocycles. The number of aliphatic hydroxyl groups excluding tert-OH is 1. The minimum Gasteiger partial charge on any atom is -0.507 e. The van der Waals surface area contributed by atoms with E-state index in [0.29, 0.717) is 33.0 Å². The van der Waals surface area contributed by atoms with Crippen molar-refractivity contribution < 1.29 is 23.8 Å². The highest BCUT2D eigenvalue weighted by Crippen LogP contribution is 2.45. The molecular weight excluding hydrogens is 463 g/mol. The van der Waals surface area contributed by atoms with Gasteiger partial charge >= 0.3 is 5.91 Å². The predicted octanol–water partition coefficient (Wildman–Crippen LogP) is 5.52. The fourth-order valence-electron chi connectivity index (χ4n) is 3.79. The number of hydrogen-bond donors (Lipinski definition) is 1. The highest BCUT2D eigenvalue weighted by Gasteiger charge is 2.48. The molecule has 33 heavy (non-hydrogen) atoms. The number of ether oxygens (including phenoxy) is 1. The van der Waals surface area contributed by atoms with Crippen molar-refractivity contribution in [1.29, 1.82) is 0 Å². The third-order valence-corrected chi connectivity index (χ3v) is 7.16. The van der Waals surface area contributed by atoms with E-state index < -0.39 is 23.5 Å². The van der Waals surface area contributed by atoms with Crippen molar-refractivity contribution in [2.45, 2.75) is 13.0 Å². The molecule has 0 aliphatic carbocycles. The number of benzene rings is 2. The Morgan fingerprint density at radius 3 is 2.79 bits per heavy atom. The molecule has 9 heteroatoms. The van der Waals surface area contributed by atoms with E-state index in [2.05, 4.69) is 4.98 Å². The van der Waals surface area contributed by atoms with Gasteiger partial charge in [0.05, 0.1) is 22.4 Å². The van der Waals surface area contributed by atoms with E-state index in [4.69, 9.17) is 4.74 Å². The van der Waals surface area contributed by atoms with Crippen molar-refractivity contribution in [1.82, 2.24) is 4.98 Å². The summed E-state index contributed by atoms with van der Waals surface area (Å²) in [6, 6.07) is 13.6. The number of amides is 1. The lowest BCUT2D eigenvalue weighted by atomic mass is 10.00. The molecule has 0 saturated carbocycles. The Morgan fingerprint density at radius 2 is 2.03 bits per heavy atom. The third-order valence-electron chi connectivity index (χ3n) is 5.22. The van der Waals surface area contributed by atoms with Gasteiger partial charge in [0.25, 0.3) is 5.78 Å². The standard InChI is InChI=1S/C24H17FN2O4S2/c1-2-31-15-6-3-5-13(11-15)21(28)19-20(17-7-4-10-32-17)27(23(30)22(19)29)24-26-16-9-8-14(25)12-18(16)33-24/h3-12,20,28H,2H2,1H3. The average Bonchev–Trinajstić information content (AvgIpc) is 3.52. The SMILES string of the molecule is CCOc1cccc(C(O)=C2C(=O)C(=O)N(c3nc4ccc(F)cc4s3)C2c2cccs2)c1. The minimum absolute atomic E-state index is 0.0264. The van der Waals surface area contributed by atoms with Gasteiger partial charge in [-0.1, -0.05) is 29.5 Å². The number of thiazole rings is 1. The first-order chi connectivity index (χ1) is 16.0. The normalized spacial score (nSPS) is 17.8. The molecule has 0 spiro atoms. The lowest BCUT2D eigenvalue weighted by Crippen LogP contribution is -2.28. The van der Waals surface area contributed by atoms with Crippen LogP contribution in [0.2, 0.25) is 0 Å². The quantitative estimate of drug-likeness (QED) is 0.231. The van der Waals surface area contributed by atoms with Crippen molar-refractivity contribution in [3.63, 3.8) is 0 Å². The Kier molecular flexibility index (Phi) is 5.43. The lowest BCUT2D eigenvalue weighted by molar-refractivity contribution is -0.132. The second kappa shape index (κ2) is 8.42. The van der Waals surface area contributed by atoms with E-state index >= 15 is 0 Å². The molecule has 0 radical (unpaired) electrons. The van der Waals surface area contributed by atoms with Crippen LogP contribution in [0.15, 0.2) is 65.6 Å². The summed E-state index contributed by atoms with van der Waals surface area (Å²) in [5.74, 6) is -1.77. The molecule has 0 bridgehead atoms. The lowest BCUT2D eigenvalue weighted by Gasteiger charge is -2.21. The summed E-state index contributed by atoms with van der Waals surface area (Å²) in [5, 5.41) is 13.3. The Morgan fingerprint density at radius 1 is 1.18 bits per heavy atom. The molecule has 1 unspecified atom stereocenters. The number of hydrogen-bond acceptors (Lipinski definition) is 7. The number of aliphatic hydroxyl groups is 1. The van der Waals surface area contributed by atoms with Crippen molar-refractivity contribution in [3.05, 3.63) is 81.8 Å². The number of halogens is 1. The zero-order valence-corrected chi connectivity index (χ0v) is 19.0. The highest BCUT2D eigenvalue weighted by molar-refractivity contribution is 7.22. The molecule has 2 aromatic heterocycles. The Hall–Kier alpha value is -3.56. The number of anilines is 1. The van der Waals surface area contributed by atoms with Gasteiger partial charge in [0, 0.05) is 10.4 Å². The zero-order chi connectivity index (χ0) is 23.1. The maximum absolute atomic E-state index is 13.7. The van der Waals surface area contributed by atoms with Gasteiger partial charge in [0.2, 0.25) is 0 Å². The van der Waals surface area contributed by atoms with Crippen LogP contribution in [0.3, 0.4) is 0 Å². The number of carbonyl (C=O) groups is 2. The largest absolute Gasteiger partial charge is 0.507 e. The number of fused-ring (bicyclic) bond motifs is 1. The Balaban J connectivity index is 1.68. The highest BCUT2D eigenvalue weighted by atomic mass is 32.1. The van der Waals surface area contributed by atoms with Gasteiger partial charge in [0.15, 0.2) is 5.13 Å². The maximum atomic E-state index is 13.7. The first-order valence-corrected chi connectivity index (χ1v) is 11.8. The van der Waals surface area contributed by atoms with Crippen LogP contribution in [0.4, 0.5) is 9.52 Å². The smallest absolute Gasteiger partial charge is 0.301 e. The molecule has 1 aliphatic rings. The average molecular weight is 481 g/mol. The number of ketones is 1. The maximum Gasteiger partial charge on any atom is 0.301 e. The van der Waals surface area contributed by atoms with E-state index in [1.54, 1.807) is 30.3 Å². The van der Waals surface area contributed by atoms with Gasteiger partial charge in [-0.05, 0) is 48.7 Å². The van der Waals surface area contributed by atoms with E-state index in [-0.39, 0.29) is 16.5 Å². The Bertz CT molecular complexity index is 1410. The summed E-state index contributed by atoms with van der Waals surface area (Å²) in [7, 11) is 0. The topological polar surface area (TPSA) is 79.7 Å². The van der Waals surface area contributed by atoms with Crippen LogP contribution >= 0.6 is 22.7 Å². The van der Waals surface area contributed by atoms with Gasteiger partial charge in [-0.3, -0.25) is 14.5 Å². The number of aromatic nitrogens is 1. The van der Waals surface area contributed by atoms with Crippen LogP contribution in [0, 0.1) is 5.82 Å². The molecule has 1 atom stereocenters. The molecule has 1 fully saturated rings. The summed E-state index contributed by atoms with van der Waals surface area (Å²) < 4.78 is 19.8. The van der Waals surface area contributed by atoms with E-state index in [0.717, 1.165) is 11.3 Å². The molecule has 5 rings (SSSR count). The number of rotatable bonds is 5. The van der Waals surface area contributed by atoms with Gasteiger partial charge in [0.1, 0.15) is 23.4 Å². The fourth-order valence-corrected chi connectivity index (χ4v) is 5.63. The second-order valence-corrected chi connectivity index (χ2v) is 9.24. The Labute approximate surface area is 196 Å². The molecule has 4 aromatic rings. The molecule has 1 saturated heterocycles. The first-order valence-electron chi connectivity index (χ1n) is 10.1. The van der Waals surface area contributed by atoms with Crippen LogP contribution in [-0.4, -0.2) is 28.4 Å². The molecule has 166 valence electrons. The summed E-state index contributed by atoms with van der Waals surface area (Å²) in [6.45, 7) is 2.29. The van der Waals surface area contributed by atoms with Crippen molar-refractivity contribution in [3.8, 4) is 5.75 Å². The summed E-state index contributed by atoms with van der Waals surface area (Å²) >= 11 is 2.48. The van der Waals surface area contributed by atoms with Crippen LogP contribution in [0.5, 0.6) is 5.75 Å². The molecule has 1 N–H and O–H groups in total. The van der Waals surface area contributed by atoms with Crippen LogP contribution in [-0.2, 0) is 9.59 Å². The van der Waals surface area contributed by atoms with Crippen LogP contribution in [0.1, 0.15) is 23.4 Å². The summed E-state index contributed by atoms with van der Waals surface area (Å²) in [6.07, 6.45) is 0. The third kappa shape index (κ3) is 3.69. The predicted molar refractivity (Wildman–Crippen MR) is 126 cm³/mol. The van der Waals surface area contributed by atoms with Crippen LogP contribution in [0.25, 0.3) is 16.0 Å². The molecule has 6 nitrogen and oxygen atoms in total. The molecule has 1 amide bonds. The molecule has 2 aromatic carbocycles. The summed E-state index contributed by atoms with van der Waals surface area (Å²) in [4.78, 5) is 32.8. The van der Waals surface area contributed by atoms with Crippen LogP contribution < -0.4 is 9.64 Å². The summed E-state index contributed by atoms with van der Waals surface area (Å²) in [5.41, 5.74) is 0.862. The van der Waals surface area contributed by atoms with Gasteiger partial charge in [-0.25, -0.2) is 9.37 Å². The number of carbonyl (C=O) groups excluding carboxylic acids is 2. The number of nitrogens with zero attached hydrogens (tertiary/aromatic N) is 2. The van der Waals surface area contributed by atoms with Crippen molar-refractivity contribution >= 4 is 55.5 Å². The van der Waals surface area contributed by atoms with E-state index in [1.807, 2.05) is 18.4 Å². The van der Waals surface area contributed by atoms with E-state index in [9.17, 15) is 19.1 Å². The fraction of sp³-hybridized carbons (Fsp3) is 0.125. The minimum atomic E-state index is -0.855. The second-order valence-electron chi connectivity index (χ2n) is 7.25. The first kappa shape index (κ1) is 21.3. The number of Topliss-reactive ketones (excluding diaryl/α,β-unsaturated/α-hetero) is 1. The molecule has 3 heterocycles. The van der Waals surface area contributed by atoms with Gasteiger partial charge in [-0.15, -0.1) is 11.3 Å². The van der Waals surface area contributed by atoms with Crippen molar-refractivity contribution in [2.24, 2.45) is 0 Å².